The Labute approximate surface area is 111 Å². The summed E-state index contributed by atoms with van der Waals surface area (Å²) in [5.74, 6) is -0.788. The average Bonchev–Trinajstić information content (AvgIpc) is 2.19. The molecule has 0 amide bonds. The highest BCUT2D eigenvalue weighted by Gasteiger charge is 2.29. The Morgan fingerprint density at radius 1 is 1.18 bits per heavy atom. The van der Waals surface area contributed by atoms with Gasteiger partial charge in [-0.1, -0.05) is 21.6 Å². The first-order valence-electron chi connectivity index (χ1n) is 5.76. The highest BCUT2D eigenvalue weighted by atomic mass is 33.1. The quantitative estimate of drug-likeness (QED) is 0.633. The van der Waals surface area contributed by atoms with Crippen molar-refractivity contribution < 1.29 is 9.90 Å². The summed E-state index contributed by atoms with van der Waals surface area (Å²) in [6.45, 7) is 10.6. The number of nitrogens with one attached hydrogen (secondary N) is 2. The zero-order valence-electron chi connectivity index (χ0n) is 10.9. The molecule has 1 heterocycles. The minimum atomic E-state index is -0.788. The Morgan fingerprint density at radius 3 is 2.24 bits per heavy atom. The summed E-state index contributed by atoms with van der Waals surface area (Å²) in [7, 11) is 3.68. The third-order valence-corrected chi connectivity index (χ3v) is 6.70. The van der Waals surface area contributed by atoms with E-state index in [1.165, 1.54) is 0 Å². The van der Waals surface area contributed by atoms with Crippen LogP contribution in [0.5, 0.6) is 0 Å². The summed E-state index contributed by atoms with van der Waals surface area (Å²) >= 11 is 0. The molecule has 1 aliphatic rings. The molecule has 1 fully saturated rings. The van der Waals surface area contributed by atoms with E-state index in [9.17, 15) is 4.79 Å². The van der Waals surface area contributed by atoms with Crippen LogP contribution >= 0.6 is 21.6 Å². The lowest BCUT2D eigenvalue weighted by Crippen LogP contribution is -2.50. The first-order chi connectivity index (χ1) is 7.72. The maximum Gasteiger partial charge on any atom is 0.322 e. The van der Waals surface area contributed by atoms with Gasteiger partial charge in [0, 0.05) is 29.1 Å². The van der Waals surface area contributed by atoms with Crippen LogP contribution in [-0.4, -0.2) is 46.2 Å². The molecule has 4 nitrogen and oxygen atoms in total. The van der Waals surface area contributed by atoms with E-state index in [0.29, 0.717) is 13.1 Å². The molecular weight excluding hydrogens is 256 g/mol. The molecule has 3 N–H and O–H groups in total. The molecule has 0 aromatic heterocycles. The number of hydrogen-bond acceptors (Lipinski definition) is 5. The molecule has 0 spiro atoms. The topological polar surface area (TPSA) is 61.4 Å². The van der Waals surface area contributed by atoms with E-state index in [-0.39, 0.29) is 9.49 Å². The van der Waals surface area contributed by atoms with Crippen molar-refractivity contribution in [3.63, 3.8) is 0 Å². The van der Waals surface area contributed by atoms with Crippen LogP contribution in [0.15, 0.2) is 0 Å². The van der Waals surface area contributed by atoms with Gasteiger partial charge in [0.05, 0.1) is 0 Å². The minimum Gasteiger partial charge on any atom is -0.480 e. The van der Waals surface area contributed by atoms with E-state index >= 15 is 0 Å². The molecule has 0 aromatic rings. The van der Waals surface area contributed by atoms with Gasteiger partial charge in [0.1, 0.15) is 6.04 Å². The number of aliphatic carboxylic acids is 1. The number of hydrogen-bond donors (Lipinski definition) is 3. The Morgan fingerprint density at radius 2 is 1.71 bits per heavy atom. The summed E-state index contributed by atoms with van der Waals surface area (Å²) in [6, 6.07) is -0.506. The van der Waals surface area contributed by atoms with Gasteiger partial charge in [-0.3, -0.25) is 4.79 Å². The maximum absolute atomic E-state index is 11.1. The van der Waals surface area contributed by atoms with Crippen LogP contribution in [0, 0.1) is 0 Å². The first-order valence-corrected chi connectivity index (χ1v) is 7.91. The molecule has 0 radical (unpaired) electrons. The summed E-state index contributed by atoms with van der Waals surface area (Å²) < 4.78 is 0.148. The van der Waals surface area contributed by atoms with Gasteiger partial charge in [-0.2, -0.15) is 0 Å². The van der Waals surface area contributed by atoms with Crippen LogP contribution < -0.4 is 10.6 Å². The molecule has 0 bridgehead atoms. The zero-order valence-corrected chi connectivity index (χ0v) is 12.5. The standard InChI is InChI=1S/C11H22N2O2S2/c1-10(2)6-12-5-8(9(14)15)13-7-11(3,4)17-16-10/h8,12-13H,5-7H2,1-4H3,(H,14,15). The van der Waals surface area contributed by atoms with E-state index in [2.05, 4.69) is 38.3 Å². The van der Waals surface area contributed by atoms with Gasteiger partial charge >= 0.3 is 5.97 Å². The van der Waals surface area contributed by atoms with Crippen LogP contribution in [0.2, 0.25) is 0 Å². The molecule has 1 aliphatic heterocycles. The predicted molar refractivity (Wildman–Crippen MR) is 75.6 cm³/mol. The second-order valence-corrected chi connectivity index (χ2v) is 9.13. The highest BCUT2D eigenvalue weighted by Crippen LogP contribution is 2.43. The zero-order chi connectivity index (χ0) is 13.1. The van der Waals surface area contributed by atoms with Gasteiger partial charge in [-0.05, 0) is 27.7 Å². The SMILES string of the molecule is CC1(C)CNCC(C(=O)O)NCC(C)(C)SS1. The van der Waals surface area contributed by atoms with Crippen molar-refractivity contribution in [3.8, 4) is 0 Å². The molecule has 0 saturated carbocycles. The van der Waals surface area contributed by atoms with Crippen molar-refractivity contribution in [2.45, 2.75) is 43.2 Å². The summed E-state index contributed by atoms with van der Waals surface area (Å²) in [5.41, 5.74) is 0. The summed E-state index contributed by atoms with van der Waals surface area (Å²) in [5, 5.41) is 15.4. The lowest BCUT2D eigenvalue weighted by Gasteiger charge is -2.33. The monoisotopic (exact) mass is 278 g/mol. The van der Waals surface area contributed by atoms with E-state index in [1.54, 1.807) is 0 Å². The molecule has 0 aromatic carbocycles. The predicted octanol–water partition coefficient (Wildman–Crippen LogP) is 1.57. The van der Waals surface area contributed by atoms with Crippen LogP contribution in [0.3, 0.4) is 0 Å². The maximum atomic E-state index is 11.1. The number of carboxylic acids is 1. The molecule has 1 saturated heterocycles. The van der Waals surface area contributed by atoms with Crippen LogP contribution in [-0.2, 0) is 4.79 Å². The normalized spacial score (nSPS) is 29.5. The van der Waals surface area contributed by atoms with Crippen LogP contribution in [0.1, 0.15) is 27.7 Å². The molecule has 1 unspecified atom stereocenters. The van der Waals surface area contributed by atoms with Gasteiger partial charge in [0.15, 0.2) is 0 Å². The van der Waals surface area contributed by atoms with Crippen LogP contribution in [0.4, 0.5) is 0 Å². The van der Waals surface area contributed by atoms with Crippen molar-refractivity contribution in [1.29, 1.82) is 0 Å². The lowest BCUT2D eigenvalue weighted by atomic mass is 10.1. The third-order valence-electron chi connectivity index (χ3n) is 2.46. The highest BCUT2D eigenvalue weighted by molar-refractivity contribution is 8.77. The number of carboxylic acid groups (broad SMARTS) is 1. The molecular formula is C11H22N2O2S2. The number of rotatable bonds is 1. The van der Waals surface area contributed by atoms with Gasteiger partial charge < -0.3 is 15.7 Å². The van der Waals surface area contributed by atoms with Crippen molar-refractivity contribution in [2.75, 3.05) is 19.6 Å². The minimum absolute atomic E-state index is 0.0347. The van der Waals surface area contributed by atoms with Gasteiger partial charge in [0.25, 0.3) is 0 Å². The fraction of sp³-hybridized carbons (Fsp3) is 0.909. The van der Waals surface area contributed by atoms with E-state index in [1.807, 2.05) is 21.6 Å². The fourth-order valence-electron chi connectivity index (χ4n) is 1.42. The van der Waals surface area contributed by atoms with Crippen molar-refractivity contribution in [3.05, 3.63) is 0 Å². The van der Waals surface area contributed by atoms with Gasteiger partial charge in [0.2, 0.25) is 0 Å². The number of carbonyl (C=O) groups is 1. The molecule has 0 aliphatic carbocycles. The molecule has 17 heavy (non-hydrogen) atoms. The third kappa shape index (κ3) is 5.50. The Balaban J connectivity index is 2.69. The largest absolute Gasteiger partial charge is 0.480 e. The smallest absolute Gasteiger partial charge is 0.322 e. The average molecular weight is 278 g/mol. The fourth-order valence-corrected chi connectivity index (χ4v) is 3.88. The summed E-state index contributed by atoms with van der Waals surface area (Å²) in [6.07, 6.45) is 0. The van der Waals surface area contributed by atoms with E-state index < -0.39 is 12.0 Å². The Kier molecular flexibility index (Phi) is 5.19. The van der Waals surface area contributed by atoms with E-state index in [0.717, 1.165) is 6.54 Å². The van der Waals surface area contributed by atoms with Crippen molar-refractivity contribution in [2.24, 2.45) is 0 Å². The Bertz CT molecular complexity index is 283. The van der Waals surface area contributed by atoms with Gasteiger partial charge in [-0.25, -0.2) is 0 Å². The molecule has 1 rings (SSSR count). The second kappa shape index (κ2) is 5.82. The molecule has 6 heteroatoms. The Hall–Kier alpha value is 0.0900. The summed E-state index contributed by atoms with van der Waals surface area (Å²) in [4.78, 5) is 11.1. The second-order valence-electron chi connectivity index (χ2n) is 5.59. The van der Waals surface area contributed by atoms with Crippen molar-refractivity contribution >= 4 is 27.6 Å². The first kappa shape index (κ1) is 15.1. The van der Waals surface area contributed by atoms with Gasteiger partial charge in [-0.15, -0.1) is 0 Å². The van der Waals surface area contributed by atoms with Crippen LogP contribution in [0.25, 0.3) is 0 Å². The van der Waals surface area contributed by atoms with Crippen molar-refractivity contribution in [1.82, 2.24) is 10.6 Å². The lowest BCUT2D eigenvalue weighted by molar-refractivity contribution is -0.139. The molecule has 1 atom stereocenters. The molecule has 100 valence electrons. The van der Waals surface area contributed by atoms with E-state index in [4.69, 9.17) is 5.11 Å².